The van der Waals surface area contributed by atoms with Crippen molar-refractivity contribution in [3.8, 4) is 23.1 Å². The van der Waals surface area contributed by atoms with Gasteiger partial charge in [-0.1, -0.05) is 0 Å². The van der Waals surface area contributed by atoms with Crippen LogP contribution in [0.2, 0.25) is 0 Å². The lowest BCUT2D eigenvalue weighted by atomic mass is 10.0. The van der Waals surface area contributed by atoms with Crippen molar-refractivity contribution in [1.29, 1.82) is 5.26 Å². The fraction of sp³-hybridized carbons (Fsp3) is 0.267. The predicted octanol–water partition coefficient (Wildman–Crippen LogP) is 2.95. The third-order valence-corrected chi connectivity index (χ3v) is 3.04. The Hall–Kier alpha value is -2.41. The Morgan fingerprint density at radius 3 is 2.37 bits per heavy atom. The smallest absolute Gasteiger partial charge is 0.144 e. The van der Waals surface area contributed by atoms with Gasteiger partial charge >= 0.3 is 0 Å². The second-order valence-corrected chi connectivity index (χ2v) is 4.43. The first-order chi connectivity index (χ1) is 9.05. The van der Waals surface area contributed by atoms with Crippen LogP contribution in [-0.4, -0.2) is 17.1 Å². The molecule has 0 aliphatic rings. The molecule has 2 rings (SSSR count). The maximum absolute atomic E-state index is 8.99. The molecule has 0 amide bonds. The molecule has 0 saturated heterocycles. The molecule has 0 N–H and O–H groups in total. The number of nitrogens with zero attached hydrogens (tertiary/aromatic N) is 3. The van der Waals surface area contributed by atoms with E-state index in [0.717, 1.165) is 22.4 Å². The van der Waals surface area contributed by atoms with Crippen molar-refractivity contribution < 1.29 is 4.74 Å². The Kier molecular flexibility index (Phi) is 3.48. The van der Waals surface area contributed by atoms with Crippen molar-refractivity contribution in [3.63, 3.8) is 0 Å². The molecule has 4 nitrogen and oxygen atoms in total. The van der Waals surface area contributed by atoms with Gasteiger partial charge in [0.2, 0.25) is 0 Å². The maximum Gasteiger partial charge on any atom is 0.144 e. The first kappa shape index (κ1) is 13.0. The second-order valence-electron chi connectivity index (χ2n) is 4.43. The van der Waals surface area contributed by atoms with Gasteiger partial charge in [0.15, 0.2) is 0 Å². The molecule has 0 fully saturated rings. The fourth-order valence-electron chi connectivity index (χ4n) is 1.92. The minimum atomic E-state index is 0.364. The highest BCUT2D eigenvalue weighted by atomic mass is 16.5. The molecular weight excluding hydrogens is 238 g/mol. The van der Waals surface area contributed by atoms with E-state index in [2.05, 4.69) is 9.97 Å². The van der Waals surface area contributed by atoms with E-state index in [1.165, 1.54) is 0 Å². The van der Waals surface area contributed by atoms with E-state index in [1.54, 1.807) is 20.1 Å². The summed E-state index contributed by atoms with van der Waals surface area (Å²) in [5, 5.41) is 8.99. The van der Waals surface area contributed by atoms with Crippen LogP contribution in [0.5, 0.6) is 5.75 Å². The number of ether oxygens (including phenoxy) is 1. The molecule has 19 heavy (non-hydrogen) atoms. The van der Waals surface area contributed by atoms with Gasteiger partial charge in [-0.2, -0.15) is 5.26 Å². The minimum absolute atomic E-state index is 0.364. The third kappa shape index (κ3) is 2.55. The summed E-state index contributed by atoms with van der Waals surface area (Å²) in [5.41, 5.74) is 4.27. The van der Waals surface area contributed by atoms with Crippen LogP contribution in [-0.2, 0) is 0 Å². The van der Waals surface area contributed by atoms with Gasteiger partial charge in [-0.3, -0.25) is 0 Å². The van der Waals surface area contributed by atoms with Crippen LogP contribution in [0.25, 0.3) is 11.3 Å². The zero-order valence-electron chi connectivity index (χ0n) is 11.5. The normalized spacial score (nSPS) is 10.1. The summed E-state index contributed by atoms with van der Waals surface area (Å²) in [6.45, 7) is 5.85. The summed E-state index contributed by atoms with van der Waals surface area (Å²) < 4.78 is 5.41. The molecule has 0 bridgehead atoms. The van der Waals surface area contributed by atoms with Crippen molar-refractivity contribution in [2.45, 2.75) is 20.8 Å². The summed E-state index contributed by atoms with van der Waals surface area (Å²) in [4.78, 5) is 8.45. The van der Waals surface area contributed by atoms with Gasteiger partial charge in [0.25, 0.3) is 0 Å². The SMILES string of the molecule is COc1cc(C)c(C)cc1-c1cc(C#N)nc(C)n1. The second kappa shape index (κ2) is 5.07. The number of aryl methyl sites for hydroxylation is 3. The zero-order chi connectivity index (χ0) is 14.0. The van der Waals surface area contributed by atoms with Crippen molar-refractivity contribution >= 4 is 0 Å². The highest BCUT2D eigenvalue weighted by Crippen LogP contribution is 2.31. The highest BCUT2D eigenvalue weighted by molar-refractivity contribution is 5.69. The van der Waals surface area contributed by atoms with E-state index in [-0.39, 0.29) is 0 Å². The molecule has 2 aromatic rings. The summed E-state index contributed by atoms with van der Waals surface area (Å²) in [5.74, 6) is 1.33. The Bertz CT molecular complexity index is 672. The molecule has 96 valence electrons. The summed E-state index contributed by atoms with van der Waals surface area (Å²) in [6.07, 6.45) is 0. The van der Waals surface area contributed by atoms with E-state index in [1.807, 2.05) is 32.0 Å². The number of hydrogen-bond donors (Lipinski definition) is 0. The van der Waals surface area contributed by atoms with Crippen molar-refractivity contribution in [2.75, 3.05) is 7.11 Å². The van der Waals surface area contributed by atoms with Crippen molar-refractivity contribution in [2.24, 2.45) is 0 Å². The number of benzene rings is 1. The van der Waals surface area contributed by atoms with Gasteiger partial charge < -0.3 is 4.74 Å². The van der Waals surface area contributed by atoms with Gasteiger partial charge in [0, 0.05) is 11.6 Å². The van der Waals surface area contributed by atoms with E-state index in [9.17, 15) is 0 Å². The first-order valence-electron chi connectivity index (χ1n) is 5.96. The average molecular weight is 253 g/mol. The molecule has 0 radical (unpaired) electrons. The van der Waals surface area contributed by atoms with Crippen LogP contribution < -0.4 is 4.74 Å². The lowest BCUT2D eigenvalue weighted by Gasteiger charge is -2.11. The summed E-state index contributed by atoms with van der Waals surface area (Å²) >= 11 is 0. The molecule has 0 spiro atoms. The fourth-order valence-corrected chi connectivity index (χ4v) is 1.92. The van der Waals surface area contributed by atoms with E-state index < -0.39 is 0 Å². The summed E-state index contributed by atoms with van der Waals surface area (Å²) in [7, 11) is 1.63. The van der Waals surface area contributed by atoms with Gasteiger partial charge in [0.05, 0.1) is 12.8 Å². The van der Waals surface area contributed by atoms with E-state index in [0.29, 0.717) is 17.2 Å². The Morgan fingerprint density at radius 1 is 1.05 bits per heavy atom. The number of nitriles is 1. The lowest BCUT2D eigenvalue weighted by molar-refractivity contribution is 0.416. The first-order valence-corrected chi connectivity index (χ1v) is 5.96. The Balaban J connectivity index is 2.68. The number of methoxy groups -OCH3 is 1. The van der Waals surface area contributed by atoms with Crippen molar-refractivity contribution in [3.05, 3.63) is 40.8 Å². The van der Waals surface area contributed by atoms with Crippen LogP contribution in [0.15, 0.2) is 18.2 Å². The standard InChI is InChI=1S/C15H15N3O/c1-9-5-13(15(19-4)6-10(9)2)14-7-12(8-16)17-11(3)18-14/h5-7H,1-4H3. The van der Waals surface area contributed by atoms with Crippen LogP contribution in [0.1, 0.15) is 22.6 Å². The van der Waals surface area contributed by atoms with Crippen LogP contribution in [0.4, 0.5) is 0 Å². The quantitative estimate of drug-likeness (QED) is 0.825. The number of aromatic nitrogens is 2. The zero-order valence-corrected chi connectivity index (χ0v) is 11.5. The lowest BCUT2D eigenvalue weighted by Crippen LogP contribution is -1.97. The molecule has 0 aliphatic heterocycles. The molecule has 0 aliphatic carbocycles. The topological polar surface area (TPSA) is 58.8 Å². The van der Waals surface area contributed by atoms with Crippen LogP contribution in [0.3, 0.4) is 0 Å². The van der Waals surface area contributed by atoms with Gasteiger partial charge in [0.1, 0.15) is 23.3 Å². The molecule has 0 saturated carbocycles. The molecule has 1 aromatic carbocycles. The van der Waals surface area contributed by atoms with Gasteiger partial charge in [-0.05, 0) is 44.0 Å². The number of hydrogen-bond acceptors (Lipinski definition) is 4. The predicted molar refractivity (Wildman–Crippen MR) is 72.9 cm³/mol. The number of rotatable bonds is 2. The Labute approximate surface area is 112 Å². The average Bonchev–Trinajstić information content (AvgIpc) is 2.40. The molecule has 0 atom stereocenters. The molecular formula is C15H15N3O. The largest absolute Gasteiger partial charge is 0.496 e. The molecule has 1 heterocycles. The van der Waals surface area contributed by atoms with Crippen LogP contribution >= 0.6 is 0 Å². The monoisotopic (exact) mass is 253 g/mol. The molecule has 4 heteroatoms. The third-order valence-electron chi connectivity index (χ3n) is 3.04. The Morgan fingerprint density at radius 2 is 1.74 bits per heavy atom. The summed E-state index contributed by atoms with van der Waals surface area (Å²) in [6, 6.07) is 7.73. The van der Waals surface area contributed by atoms with Crippen LogP contribution in [0, 0.1) is 32.1 Å². The maximum atomic E-state index is 8.99. The van der Waals surface area contributed by atoms with E-state index in [4.69, 9.17) is 10.00 Å². The van der Waals surface area contributed by atoms with Gasteiger partial charge in [-0.15, -0.1) is 0 Å². The molecule has 1 aromatic heterocycles. The van der Waals surface area contributed by atoms with Gasteiger partial charge in [-0.25, -0.2) is 9.97 Å². The van der Waals surface area contributed by atoms with E-state index >= 15 is 0 Å². The van der Waals surface area contributed by atoms with Crippen molar-refractivity contribution in [1.82, 2.24) is 9.97 Å². The highest BCUT2D eigenvalue weighted by Gasteiger charge is 2.11. The minimum Gasteiger partial charge on any atom is -0.496 e. The molecule has 0 unspecified atom stereocenters.